The van der Waals surface area contributed by atoms with Gasteiger partial charge < -0.3 is 19.6 Å². The van der Waals surface area contributed by atoms with Crippen LogP contribution in [0.15, 0.2) is 91.0 Å². The van der Waals surface area contributed by atoms with Crippen molar-refractivity contribution in [1.82, 2.24) is 5.32 Å². The van der Waals surface area contributed by atoms with Crippen molar-refractivity contribution in [3.05, 3.63) is 96.6 Å². The number of amides is 1. The molecule has 5 nitrogen and oxygen atoms in total. The number of ether oxygens (including phenoxy) is 1. The monoisotopic (exact) mass is 477 g/mol. The average molecular weight is 478 g/mol. The molecule has 0 saturated heterocycles. The van der Waals surface area contributed by atoms with Crippen molar-refractivity contribution in [3.63, 3.8) is 0 Å². The van der Waals surface area contributed by atoms with Gasteiger partial charge in [0.1, 0.15) is 6.10 Å². The number of nitrogens with one attached hydrogen (secondary N) is 1. The van der Waals surface area contributed by atoms with Gasteiger partial charge in [-0.1, -0.05) is 112 Å². The molecule has 0 bridgehead atoms. The molecule has 0 saturated carbocycles. The van der Waals surface area contributed by atoms with E-state index in [1.807, 2.05) is 66.7 Å². The van der Waals surface area contributed by atoms with E-state index in [1.54, 1.807) is 0 Å². The van der Waals surface area contributed by atoms with E-state index in [0.717, 1.165) is 15.9 Å². The van der Waals surface area contributed by atoms with Crippen LogP contribution in [-0.4, -0.2) is 38.8 Å². The highest BCUT2D eigenvalue weighted by atomic mass is 28.4. The standard InChI is InChI=1S/C28H35NO4Si/c1-28(2,3)34(25-15-9-5-10-16-25,26-17-11-6-12-18-26)32-22-24(19-20-30)33-27(31)29-21-23-13-7-4-8-14-23/h4-18,24,30H,19-22H2,1-3H3,(H,29,31)/t24-/m0/s1. The molecule has 0 fully saturated rings. The Morgan fingerprint density at radius 1 is 0.882 bits per heavy atom. The number of aliphatic hydroxyl groups excluding tert-OH is 1. The Morgan fingerprint density at radius 2 is 1.38 bits per heavy atom. The molecule has 6 heteroatoms. The van der Waals surface area contributed by atoms with Crippen LogP contribution in [0, 0.1) is 0 Å². The Labute approximate surface area is 203 Å². The Bertz CT molecular complexity index is 967. The van der Waals surface area contributed by atoms with Crippen LogP contribution in [0.3, 0.4) is 0 Å². The van der Waals surface area contributed by atoms with Crippen molar-refractivity contribution in [2.45, 2.75) is 44.9 Å². The summed E-state index contributed by atoms with van der Waals surface area (Å²) in [6.45, 7) is 7.09. The number of alkyl carbamates (subject to hydrolysis) is 1. The van der Waals surface area contributed by atoms with E-state index >= 15 is 0 Å². The third kappa shape index (κ3) is 6.35. The largest absolute Gasteiger partial charge is 0.444 e. The SMILES string of the molecule is CC(C)(C)[Si](OC[C@H](CCO)OC(=O)NCc1ccccc1)(c1ccccc1)c1ccccc1. The number of aliphatic hydroxyl groups is 1. The molecule has 180 valence electrons. The van der Waals surface area contributed by atoms with Gasteiger partial charge in [-0.3, -0.25) is 0 Å². The van der Waals surface area contributed by atoms with Crippen LogP contribution < -0.4 is 15.7 Å². The lowest BCUT2D eigenvalue weighted by Gasteiger charge is -2.43. The number of carbonyl (C=O) groups excluding carboxylic acids is 1. The molecule has 0 aliphatic carbocycles. The van der Waals surface area contributed by atoms with E-state index in [1.165, 1.54) is 0 Å². The maximum absolute atomic E-state index is 12.5. The third-order valence-electron chi connectivity index (χ3n) is 5.91. The molecule has 3 rings (SSSR count). The molecule has 1 atom stereocenters. The molecule has 0 aliphatic rings. The summed E-state index contributed by atoms with van der Waals surface area (Å²) < 4.78 is 12.5. The minimum absolute atomic E-state index is 0.0965. The van der Waals surface area contributed by atoms with Gasteiger partial charge in [0, 0.05) is 19.6 Å². The van der Waals surface area contributed by atoms with E-state index in [4.69, 9.17) is 9.16 Å². The highest BCUT2D eigenvalue weighted by Gasteiger charge is 2.50. The van der Waals surface area contributed by atoms with E-state index in [9.17, 15) is 9.90 Å². The number of rotatable bonds is 10. The molecule has 0 aromatic heterocycles. The molecule has 2 N–H and O–H groups in total. The maximum Gasteiger partial charge on any atom is 0.407 e. The molecule has 0 aliphatic heterocycles. The van der Waals surface area contributed by atoms with Gasteiger partial charge in [0.25, 0.3) is 8.32 Å². The summed E-state index contributed by atoms with van der Waals surface area (Å²) in [6.07, 6.45) is -0.785. The Morgan fingerprint density at radius 3 is 1.85 bits per heavy atom. The molecule has 3 aromatic rings. The van der Waals surface area contributed by atoms with Crippen LogP contribution in [0.25, 0.3) is 0 Å². The topological polar surface area (TPSA) is 67.8 Å². The van der Waals surface area contributed by atoms with Crippen LogP contribution in [0.1, 0.15) is 32.8 Å². The van der Waals surface area contributed by atoms with Gasteiger partial charge >= 0.3 is 6.09 Å². The summed E-state index contributed by atoms with van der Waals surface area (Å²) in [6, 6.07) is 30.3. The second kappa shape index (κ2) is 12.0. The first kappa shape index (κ1) is 25.7. The quantitative estimate of drug-likeness (QED) is 0.429. The van der Waals surface area contributed by atoms with E-state index in [0.29, 0.717) is 13.0 Å². The lowest BCUT2D eigenvalue weighted by Crippen LogP contribution is -2.67. The summed E-state index contributed by atoms with van der Waals surface area (Å²) in [5.41, 5.74) is 0.988. The Hall–Kier alpha value is -2.93. The molecule has 1 amide bonds. The number of carbonyl (C=O) groups is 1. The van der Waals surface area contributed by atoms with Gasteiger partial charge in [-0.15, -0.1) is 0 Å². The zero-order valence-electron chi connectivity index (χ0n) is 20.2. The Kier molecular flexibility index (Phi) is 9.04. The van der Waals surface area contributed by atoms with Crippen LogP contribution in [0.4, 0.5) is 4.79 Å². The molecule has 34 heavy (non-hydrogen) atoms. The number of hydrogen-bond donors (Lipinski definition) is 2. The summed E-state index contributed by atoms with van der Waals surface area (Å²) in [7, 11) is -2.76. The molecular weight excluding hydrogens is 442 g/mol. The molecule has 0 radical (unpaired) electrons. The van der Waals surface area contributed by atoms with Crippen LogP contribution in [-0.2, 0) is 15.7 Å². The highest BCUT2D eigenvalue weighted by molar-refractivity contribution is 6.99. The zero-order chi connectivity index (χ0) is 24.4. The minimum Gasteiger partial charge on any atom is -0.444 e. The average Bonchev–Trinajstić information content (AvgIpc) is 2.84. The summed E-state index contributed by atoms with van der Waals surface area (Å²) in [5, 5.41) is 14.5. The molecular formula is C28H35NO4Si. The number of benzene rings is 3. The number of hydrogen-bond acceptors (Lipinski definition) is 4. The predicted molar refractivity (Wildman–Crippen MR) is 139 cm³/mol. The second-order valence-corrected chi connectivity index (χ2v) is 13.7. The van der Waals surface area contributed by atoms with E-state index in [2.05, 4.69) is 50.4 Å². The highest BCUT2D eigenvalue weighted by Crippen LogP contribution is 2.37. The smallest absolute Gasteiger partial charge is 0.407 e. The summed E-state index contributed by atoms with van der Waals surface area (Å²) in [5.74, 6) is 0. The summed E-state index contributed by atoms with van der Waals surface area (Å²) >= 11 is 0. The molecule has 0 spiro atoms. The van der Waals surface area contributed by atoms with Crippen molar-refractivity contribution in [1.29, 1.82) is 0 Å². The lowest BCUT2D eigenvalue weighted by atomic mass is 10.2. The van der Waals surface area contributed by atoms with Gasteiger partial charge in [0.05, 0.1) is 6.61 Å². The normalized spacial score (nSPS) is 12.7. The summed E-state index contributed by atoms with van der Waals surface area (Å²) in [4.78, 5) is 12.5. The van der Waals surface area contributed by atoms with Crippen molar-refractivity contribution in [3.8, 4) is 0 Å². The second-order valence-electron chi connectivity index (χ2n) is 9.35. The van der Waals surface area contributed by atoms with E-state index < -0.39 is 20.5 Å². The van der Waals surface area contributed by atoms with E-state index in [-0.39, 0.29) is 18.3 Å². The van der Waals surface area contributed by atoms with Crippen molar-refractivity contribution >= 4 is 24.8 Å². The maximum atomic E-state index is 12.5. The Balaban J connectivity index is 1.81. The fourth-order valence-electron chi connectivity index (χ4n) is 4.26. The molecule has 3 aromatic carbocycles. The fraction of sp³-hybridized carbons (Fsp3) is 0.321. The van der Waals surface area contributed by atoms with Crippen molar-refractivity contribution < 1.29 is 19.1 Å². The van der Waals surface area contributed by atoms with Gasteiger partial charge in [-0.2, -0.15) is 0 Å². The minimum atomic E-state index is -2.76. The first-order valence-corrected chi connectivity index (χ1v) is 13.6. The van der Waals surface area contributed by atoms with Crippen molar-refractivity contribution in [2.75, 3.05) is 13.2 Å². The lowest BCUT2D eigenvalue weighted by molar-refractivity contribution is 0.0468. The van der Waals surface area contributed by atoms with Crippen LogP contribution in [0.2, 0.25) is 5.04 Å². The first-order valence-electron chi connectivity index (χ1n) is 11.7. The first-order chi connectivity index (χ1) is 16.4. The predicted octanol–water partition coefficient (Wildman–Crippen LogP) is 4.24. The van der Waals surface area contributed by atoms with Crippen LogP contribution in [0.5, 0.6) is 0 Å². The molecule has 0 heterocycles. The third-order valence-corrected chi connectivity index (χ3v) is 10.9. The molecule has 0 unspecified atom stereocenters. The van der Waals surface area contributed by atoms with Gasteiger partial charge in [-0.05, 0) is 21.0 Å². The van der Waals surface area contributed by atoms with Gasteiger partial charge in [0.15, 0.2) is 0 Å². The fourth-order valence-corrected chi connectivity index (χ4v) is 8.85. The van der Waals surface area contributed by atoms with Crippen LogP contribution >= 0.6 is 0 Å². The van der Waals surface area contributed by atoms with Gasteiger partial charge in [0.2, 0.25) is 0 Å². The zero-order valence-corrected chi connectivity index (χ0v) is 21.2. The van der Waals surface area contributed by atoms with Gasteiger partial charge in [-0.25, -0.2) is 4.79 Å². The van der Waals surface area contributed by atoms with Crippen molar-refractivity contribution in [2.24, 2.45) is 0 Å².